The van der Waals surface area contributed by atoms with E-state index in [0.717, 1.165) is 13.0 Å². The zero-order chi connectivity index (χ0) is 9.84. The van der Waals surface area contributed by atoms with E-state index in [4.69, 9.17) is 4.74 Å². The van der Waals surface area contributed by atoms with Gasteiger partial charge in [0, 0.05) is 0 Å². The SMILES string of the molecule is CC1=C(COC(C)C)CC(C)C=C1. The Bertz CT molecular complexity index is 223. The van der Waals surface area contributed by atoms with Crippen LogP contribution in [0.15, 0.2) is 23.3 Å². The summed E-state index contributed by atoms with van der Waals surface area (Å²) in [7, 11) is 0. The fourth-order valence-electron chi connectivity index (χ4n) is 1.48. The zero-order valence-electron chi connectivity index (χ0n) is 9.13. The molecule has 1 heteroatoms. The van der Waals surface area contributed by atoms with Gasteiger partial charge in [-0.15, -0.1) is 0 Å². The second-order valence-electron chi connectivity index (χ2n) is 4.19. The zero-order valence-corrected chi connectivity index (χ0v) is 9.13. The Morgan fingerprint density at radius 1 is 1.54 bits per heavy atom. The van der Waals surface area contributed by atoms with Crippen LogP contribution in [-0.4, -0.2) is 12.7 Å². The first kappa shape index (κ1) is 10.5. The van der Waals surface area contributed by atoms with E-state index < -0.39 is 0 Å². The highest BCUT2D eigenvalue weighted by Gasteiger charge is 2.10. The first-order valence-electron chi connectivity index (χ1n) is 5.08. The number of ether oxygens (including phenoxy) is 1. The normalized spacial score (nSPS) is 23.0. The smallest absolute Gasteiger partial charge is 0.0686 e. The average Bonchev–Trinajstić information content (AvgIpc) is 2.06. The molecule has 1 rings (SSSR count). The van der Waals surface area contributed by atoms with Crippen LogP contribution in [0.3, 0.4) is 0 Å². The second kappa shape index (κ2) is 4.61. The standard InChI is InChI=1S/C12H20O/c1-9(2)13-8-12-7-10(3)5-6-11(12)4/h5-6,9-10H,7-8H2,1-4H3. The minimum Gasteiger partial charge on any atom is -0.374 e. The van der Waals surface area contributed by atoms with Gasteiger partial charge in [0.25, 0.3) is 0 Å². The van der Waals surface area contributed by atoms with E-state index in [0.29, 0.717) is 12.0 Å². The van der Waals surface area contributed by atoms with Crippen molar-refractivity contribution in [2.24, 2.45) is 5.92 Å². The summed E-state index contributed by atoms with van der Waals surface area (Å²) in [6.45, 7) is 9.38. The summed E-state index contributed by atoms with van der Waals surface area (Å²) < 4.78 is 5.61. The summed E-state index contributed by atoms with van der Waals surface area (Å²) in [5.41, 5.74) is 2.85. The molecule has 1 unspecified atom stereocenters. The van der Waals surface area contributed by atoms with Crippen LogP contribution in [0.5, 0.6) is 0 Å². The lowest BCUT2D eigenvalue weighted by molar-refractivity contribution is 0.0946. The highest BCUT2D eigenvalue weighted by Crippen LogP contribution is 2.23. The van der Waals surface area contributed by atoms with Crippen molar-refractivity contribution in [2.45, 2.75) is 40.2 Å². The molecule has 1 atom stereocenters. The Morgan fingerprint density at radius 2 is 2.23 bits per heavy atom. The van der Waals surface area contributed by atoms with Gasteiger partial charge in [-0.1, -0.05) is 19.1 Å². The molecule has 0 heterocycles. The molecule has 0 aromatic heterocycles. The van der Waals surface area contributed by atoms with Crippen LogP contribution in [0.4, 0.5) is 0 Å². The lowest BCUT2D eigenvalue weighted by Gasteiger charge is -2.19. The van der Waals surface area contributed by atoms with Gasteiger partial charge >= 0.3 is 0 Å². The number of hydrogen-bond acceptors (Lipinski definition) is 1. The number of allylic oxidation sites excluding steroid dienone is 3. The maximum Gasteiger partial charge on any atom is 0.0686 e. The molecular weight excluding hydrogens is 160 g/mol. The molecule has 0 N–H and O–H groups in total. The molecule has 74 valence electrons. The van der Waals surface area contributed by atoms with Crippen LogP contribution in [0.2, 0.25) is 0 Å². The molecule has 0 amide bonds. The van der Waals surface area contributed by atoms with Gasteiger partial charge in [-0.25, -0.2) is 0 Å². The van der Waals surface area contributed by atoms with E-state index in [-0.39, 0.29) is 0 Å². The van der Waals surface area contributed by atoms with Gasteiger partial charge in [0.15, 0.2) is 0 Å². The first-order valence-corrected chi connectivity index (χ1v) is 5.08. The Labute approximate surface area is 81.5 Å². The third-order valence-corrected chi connectivity index (χ3v) is 2.39. The highest BCUT2D eigenvalue weighted by molar-refractivity contribution is 5.29. The Kier molecular flexibility index (Phi) is 3.73. The minimum absolute atomic E-state index is 0.335. The lowest BCUT2D eigenvalue weighted by Crippen LogP contribution is -2.11. The lowest BCUT2D eigenvalue weighted by atomic mass is 9.92. The number of hydrogen-bond donors (Lipinski definition) is 0. The summed E-state index contributed by atoms with van der Waals surface area (Å²) >= 11 is 0. The molecule has 0 aromatic carbocycles. The average molecular weight is 180 g/mol. The Hall–Kier alpha value is -0.560. The highest BCUT2D eigenvalue weighted by atomic mass is 16.5. The molecule has 0 saturated carbocycles. The van der Waals surface area contributed by atoms with E-state index >= 15 is 0 Å². The molecule has 0 aromatic rings. The van der Waals surface area contributed by atoms with Gasteiger partial charge in [0.05, 0.1) is 12.7 Å². The van der Waals surface area contributed by atoms with Gasteiger partial charge < -0.3 is 4.74 Å². The van der Waals surface area contributed by atoms with E-state index in [1.807, 2.05) is 0 Å². The van der Waals surface area contributed by atoms with Crippen molar-refractivity contribution in [1.82, 2.24) is 0 Å². The van der Waals surface area contributed by atoms with Crippen molar-refractivity contribution >= 4 is 0 Å². The van der Waals surface area contributed by atoms with Crippen LogP contribution in [-0.2, 0) is 4.74 Å². The van der Waals surface area contributed by atoms with Crippen molar-refractivity contribution in [2.75, 3.05) is 6.61 Å². The van der Waals surface area contributed by atoms with Crippen molar-refractivity contribution in [3.05, 3.63) is 23.3 Å². The van der Waals surface area contributed by atoms with Gasteiger partial charge in [0.1, 0.15) is 0 Å². The number of rotatable bonds is 3. The van der Waals surface area contributed by atoms with Gasteiger partial charge in [-0.3, -0.25) is 0 Å². The molecule has 0 radical (unpaired) electrons. The fourth-order valence-corrected chi connectivity index (χ4v) is 1.48. The predicted octanol–water partition coefficient (Wildman–Crippen LogP) is 3.32. The first-order chi connectivity index (χ1) is 6.09. The maximum atomic E-state index is 5.61. The van der Waals surface area contributed by atoms with Gasteiger partial charge in [0.2, 0.25) is 0 Å². The maximum absolute atomic E-state index is 5.61. The van der Waals surface area contributed by atoms with Crippen LogP contribution in [0.25, 0.3) is 0 Å². The summed E-state index contributed by atoms with van der Waals surface area (Å²) in [5.74, 6) is 0.675. The molecule has 0 saturated heterocycles. The third kappa shape index (κ3) is 3.35. The second-order valence-corrected chi connectivity index (χ2v) is 4.19. The minimum atomic E-state index is 0.335. The molecule has 0 aliphatic heterocycles. The molecule has 0 bridgehead atoms. The van der Waals surface area contributed by atoms with Crippen LogP contribution < -0.4 is 0 Å². The summed E-state index contributed by atoms with van der Waals surface area (Å²) in [5, 5.41) is 0. The van der Waals surface area contributed by atoms with Crippen LogP contribution in [0, 0.1) is 5.92 Å². The fraction of sp³-hybridized carbons (Fsp3) is 0.667. The molecule has 1 nitrogen and oxygen atoms in total. The summed E-state index contributed by atoms with van der Waals surface area (Å²) in [6.07, 6.45) is 5.98. The van der Waals surface area contributed by atoms with Crippen molar-refractivity contribution in [3.63, 3.8) is 0 Å². The molecule has 0 fully saturated rings. The topological polar surface area (TPSA) is 9.23 Å². The quantitative estimate of drug-likeness (QED) is 0.647. The van der Waals surface area contributed by atoms with E-state index in [9.17, 15) is 0 Å². The predicted molar refractivity (Wildman–Crippen MR) is 56.7 cm³/mol. The molecular formula is C12H20O. The third-order valence-electron chi connectivity index (χ3n) is 2.39. The Morgan fingerprint density at radius 3 is 2.85 bits per heavy atom. The van der Waals surface area contributed by atoms with E-state index in [2.05, 4.69) is 39.8 Å². The Balaban J connectivity index is 2.51. The van der Waals surface area contributed by atoms with E-state index in [1.54, 1.807) is 0 Å². The monoisotopic (exact) mass is 180 g/mol. The van der Waals surface area contributed by atoms with Gasteiger partial charge in [-0.05, 0) is 44.3 Å². The molecule has 1 aliphatic carbocycles. The summed E-state index contributed by atoms with van der Waals surface area (Å²) in [6, 6.07) is 0. The molecule has 1 aliphatic rings. The van der Waals surface area contributed by atoms with E-state index in [1.165, 1.54) is 11.1 Å². The van der Waals surface area contributed by atoms with Crippen LogP contribution in [0.1, 0.15) is 34.1 Å². The van der Waals surface area contributed by atoms with Crippen molar-refractivity contribution in [3.8, 4) is 0 Å². The largest absolute Gasteiger partial charge is 0.374 e. The van der Waals surface area contributed by atoms with Crippen LogP contribution >= 0.6 is 0 Å². The van der Waals surface area contributed by atoms with Crippen molar-refractivity contribution < 1.29 is 4.74 Å². The van der Waals surface area contributed by atoms with Gasteiger partial charge in [-0.2, -0.15) is 0 Å². The molecule has 0 spiro atoms. The summed E-state index contributed by atoms with van der Waals surface area (Å²) in [4.78, 5) is 0. The van der Waals surface area contributed by atoms with Crippen molar-refractivity contribution in [1.29, 1.82) is 0 Å². The molecule has 13 heavy (non-hydrogen) atoms.